The Bertz CT molecular complexity index is 1850. The van der Waals surface area contributed by atoms with E-state index in [0.29, 0.717) is 36.7 Å². The highest BCUT2D eigenvalue weighted by Gasteiger charge is 2.45. The standard InChI is InChI=1S/C34H42BrN6O9P/c1-19(50-18-20-3-6-23(35)7-4-20)25(10-12-30(36)42)38-32(44)29-11-8-24-13-14-40(2)17-28(33(45)41(24)29)39-31(43)27-16-22-15-21(5-9-26(22)37-27)34(46)51(47,48)49/h3-7,9,15-16,19,24-25,28-29,37H,8,10-14,17-18H2,1-2H3,(H2,36,42)(H,38,44)(H,39,43)(H2,47,48,49)/t19-,24-,25+,28+,29+/m1/s1. The molecule has 4 amide bonds. The largest absolute Gasteiger partial charge is 0.396 e. The summed E-state index contributed by atoms with van der Waals surface area (Å²) in [6, 6.07) is 10.4. The summed E-state index contributed by atoms with van der Waals surface area (Å²) in [5.41, 5.74) is 5.36. The number of aromatic amines is 1. The molecule has 3 aromatic rings. The van der Waals surface area contributed by atoms with Gasteiger partial charge in [-0.2, -0.15) is 0 Å². The van der Waals surface area contributed by atoms with Gasteiger partial charge < -0.3 is 45.7 Å². The quantitative estimate of drug-likeness (QED) is 0.139. The van der Waals surface area contributed by atoms with Gasteiger partial charge in [-0.25, -0.2) is 0 Å². The molecule has 0 spiro atoms. The summed E-state index contributed by atoms with van der Waals surface area (Å²) in [6.45, 7) is 2.91. The molecule has 2 aromatic carbocycles. The summed E-state index contributed by atoms with van der Waals surface area (Å²) < 4.78 is 18.5. The maximum atomic E-state index is 14.2. The summed E-state index contributed by atoms with van der Waals surface area (Å²) in [5.74, 6) is -1.91. The fourth-order valence-electron chi connectivity index (χ4n) is 6.61. The predicted molar refractivity (Wildman–Crippen MR) is 190 cm³/mol. The van der Waals surface area contributed by atoms with Crippen LogP contribution in [0.5, 0.6) is 0 Å². The van der Waals surface area contributed by atoms with Crippen molar-refractivity contribution in [3.05, 3.63) is 69.8 Å². The molecule has 2 saturated heterocycles. The molecule has 0 radical (unpaired) electrons. The third kappa shape index (κ3) is 9.50. The van der Waals surface area contributed by atoms with E-state index in [9.17, 15) is 38.3 Å². The molecule has 7 N–H and O–H groups in total. The number of benzene rings is 2. The van der Waals surface area contributed by atoms with Gasteiger partial charge in [-0.1, -0.05) is 28.1 Å². The average Bonchev–Trinajstić information content (AvgIpc) is 3.71. The normalized spacial score (nSPS) is 21.0. The number of ether oxygens (including phenoxy) is 1. The molecule has 5 rings (SSSR count). The Kier molecular flexibility index (Phi) is 12.2. The van der Waals surface area contributed by atoms with E-state index in [2.05, 4.69) is 31.5 Å². The zero-order chi connectivity index (χ0) is 37.0. The van der Waals surface area contributed by atoms with Gasteiger partial charge in [0.15, 0.2) is 0 Å². The number of halogens is 1. The fraction of sp³-hybridized carbons (Fsp3) is 0.441. The Morgan fingerprint density at radius 1 is 1.10 bits per heavy atom. The number of primary amides is 1. The number of amides is 4. The predicted octanol–water partition coefficient (Wildman–Crippen LogP) is 2.40. The minimum absolute atomic E-state index is 0.0301. The van der Waals surface area contributed by atoms with E-state index in [1.807, 2.05) is 43.1 Å². The van der Waals surface area contributed by atoms with Gasteiger partial charge in [0.2, 0.25) is 17.7 Å². The van der Waals surface area contributed by atoms with E-state index in [4.69, 9.17) is 10.5 Å². The van der Waals surface area contributed by atoms with E-state index in [0.717, 1.165) is 10.0 Å². The fourth-order valence-corrected chi connectivity index (χ4v) is 7.35. The second-order valence-electron chi connectivity index (χ2n) is 13.2. The van der Waals surface area contributed by atoms with Crippen molar-refractivity contribution in [1.82, 2.24) is 25.4 Å². The number of hydrogen-bond donors (Lipinski definition) is 6. The number of carbonyl (C=O) groups excluding carboxylic acids is 5. The number of hydrogen-bond acceptors (Lipinski definition) is 8. The van der Waals surface area contributed by atoms with Crippen LogP contribution in [0.1, 0.15) is 65.4 Å². The lowest BCUT2D eigenvalue weighted by Crippen LogP contribution is -2.61. The van der Waals surface area contributed by atoms with Gasteiger partial charge in [0.05, 0.1) is 18.8 Å². The Labute approximate surface area is 302 Å². The number of nitrogens with two attached hydrogens (primary N) is 1. The molecule has 0 aliphatic carbocycles. The van der Waals surface area contributed by atoms with Crippen LogP contribution in [0.15, 0.2) is 53.0 Å². The molecule has 1 aromatic heterocycles. The average molecular weight is 790 g/mol. The topological polar surface area (TPSA) is 224 Å². The van der Waals surface area contributed by atoms with Crippen molar-refractivity contribution in [3.63, 3.8) is 0 Å². The molecule has 15 nitrogen and oxygen atoms in total. The van der Waals surface area contributed by atoms with Crippen molar-refractivity contribution in [3.8, 4) is 0 Å². The Hall–Kier alpha value is -3.92. The monoisotopic (exact) mass is 788 g/mol. The van der Waals surface area contributed by atoms with Crippen LogP contribution in [-0.4, -0.2) is 104 Å². The number of nitrogens with one attached hydrogen (secondary N) is 3. The van der Waals surface area contributed by atoms with Crippen molar-refractivity contribution in [2.24, 2.45) is 5.73 Å². The molecule has 5 atom stereocenters. The van der Waals surface area contributed by atoms with Crippen LogP contribution >= 0.6 is 23.5 Å². The maximum absolute atomic E-state index is 14.2. The lowest BCUT2D eigenvalue weighted by molar-refractivity contribution is -0.143. The third-order valence-electron chi connectivity index (χ3n) is 9.40. The molecule has 2 aliphatic rings. The summed E-state index contributed by atoms with van der Waals surface area (Å²) in [4.78, 5) is 90.4. The minimum atomic E-state index is -5.00. The van der Waals surface area contributed by atoms with Crippen molar-refractivity contribution in [2.45, 2.75) is 75.9 Å². The Morgan fingerprint density at radius 3 is 2.51 bits per heavy atom. The molecule has 0 unspecified atom stereocenters. The minimum Gasteiger partial charge on any atom is -0.372 e. The van der Waals surface area contributed by atoms with Gasteiger partial charge >= 0.3 is 7.60 Å². The molecule has 0 bridgehead atoms. The summed E-state index contributed by atoms with van der Waals surface area (Å²) in [7, 11) is -3.15. The smallest absolute Gasteiger partial charge is 0.372 e. The highest BCUT2D eigenvalue weighted by Crippen LogP contribution is 2.39. The van der Waals surface area contributed by atoms with Crippen LogP contribution < -0.4 is 16.4 Å². The number of likely N-dealkylation sites (N-methyl/N-ethyl adjacent to an activating group) is 1. The molecule has 274 valence electrons. The van der Waals surface area contributed by atoms with Crippen molar-refractivity contribution < 1.29 is 43.1 Å². The lowest BCUT2D eigenvalue weighted by Gasteiger charge is -2.38. The molecular weight excluding hydrogens is 747 g/mol. The maximum Gasteiger partial charge on any atom is 0.396 e. The molecule has 2 aliphatic heterocycles. The number of nitrogens with zero attached hydrogens (tertiary/aromatic N) is 2. The lowest BCUT2D eigenvalue weighted by atomic mass is 10.0. The highest BCUT2D eigenvalue weighted by atomic mass is 79.9. The van der Waals surface area contributed by atoms with E-state index in [1.54, 1.807) is 4.90 Å². The first-order chi connectivity index (χ1) is 24.1. The molecule has 2 fully saturated rings. The summed E-state index contributed by atoms with van der Waals surface area (Å²) in [6.07, 6.45) is 1.44. The molecule has 17 heteroatoms. The second-order valence-corrected chi connectivity index (χ2v) is 15.6. The Morgan fingerprint density at radius 2 is 1.82 bits per heavy atom. The molecule has 0 saturated carbocycles. The number of rotatable bonds is 13. The van der Waals surface area contributed by atoms with Crippen LogP contribution in [0.2, 0.25) is 0 Å². The number of H-pyrrole nitrogens is 1. The van der Waals surface area contributed by atoms with Gasteiger partial charge in [0, 0.05) is 39.9 Å². The van der Waals surface area contributed by atoms with Crippen LogP contribution in [0, 0.1) is 0 Å². The zero-order valence-electron chi connectivity index (χ0n) is 28.2. The van der Waals surface area contributed by atoms with Crippen LogP contribution in [0.4, 0.5) is 0 Å². The second kappa shape index (κ2) is 16.2. The van der Waals surface area contributed by atoms with Gasteiger partial charge in [-0.15, -0.1) is 0 Å². The Balaban J connectivity index is 1.30. The van der Waals surface area contributed by atoms with Gasteiger partial charge in [0.1, 0.15) is 17.8 Å². The van der Waals surface area contributed by atoms with Crippen LogP contribution in [-0.2, 0) is 30.3 Å². The first-order valence-electron chi connectivity index (χ1n) is 16.6. The van der Waals surface area contributed by atoms with Crippen LogP contribution in [0.25, 0.3) is 10.9 Å². The molecular formula is C34H42BrN6O9P. The van der Waals surface area contributed by atoms with E-state index >= 15 is 0 Å². The highest BCUT2D eigenvalue weighted by molar-refractivity contribution is 9.10. The van der Waals surface area contributed by atoms with Crippen molar-refractivity contribution in [1.29, 1.82) is 0 Å². The number of carbonyl (C=O) groups is 5. The first kappa shape index (κ1) is 38.3. The molecule has 3 heterocycles. The number of fused-ring (bicyclic) bond motifs is 2. The van der Waals surface area contributed by atoms with Crippen LogP contribution in [0.3, 0.4) is 0 Å². The van der Waals surface area contributed by atoms with Gasteiger partial charge in [0.25, 0.3) is 11.4 Å². The van der Waals surface area contributed by atoms with Gasteiger partial charge in [-0.3, -0.25) is 28.5 Å². The first-order valence-corrected chi connectivity index (χ1v) is 19.0. The van der Waals surface area contributed by atoms with E-state index < -0.39 is 55.1 Å². The summed E-state index contributed by atoms with van der Waals surface area (Å²) >= 11 is 3.41. The SMILES string of the molecule is C[C@@H](OCc1ccc(Br)cc1)[C@H](CCC(N)=O)NC(=O)[C@@H]1CC[C@@H]2CCN(C)C[C@H](NC(=O)c3cc4cc(C(=O)P(=O)(O)O)ccc4[nH]3)C(=O)N21. The third-order valence-corrected chi connectivity index (χ3v) is 10.7. The van der Waals surface area contributed by atoms with Crippen molar-refractivity contribution >= 4 is 63.6 Å². The van der Waals surface area contributed by atoms with Gasteiger partial charge in [-0.05, 0) is 88.2 Å². The van der Waals surface area contributed by atoms with E-state index in [-0.39, 0.29) is 49.2 Å². The molecule has 51 heavy (non-hydrogen) atoms. The van der Waals surface area contributed by atoms with Crippen molar-refractivity contribution in [2.75, 3.05) is 20.1 Å². The zero-order valence-corrected chi connectivity index (χ0v) is 30.7. The summed E-state index contributed by atoms with van der Waals surface area (Å²) in [5, 5.41) is 6.21. The number of aromatic nitrogens is 1. The van der Waals surface area contributed by atoms with E-state index in [1.165, 1.54) is 24.3 Å².